The molecule has 0 atom stereocenters. The normalized spacial score (nSPS) is 14.6. The van der Waals surface area contributed by atoms with Crippen LogP contribution in [0.1, 0.15) is 22.3 Å². The van der Waals surface area contributed by atoms with E-state index < -0.39 is 5.82 Å². The van der Waals surface area contributed by atoms with Gasteiger partial charge in [0.25, 0.3) is 5.91 Å². The van der Waals surface area contributed by atoms with Gasteiger partial charge in [-0.1, -0.05) is 6.07 Å². The van der Waals surface area contributed by atoms with Crippen molar-refractivity contribution < 1.29 is 9.18 Å². The van der Waals surface area contributed by atoms with Gasteiger partial charge in [-0.3, -0.25) is 9.89 Å². The van der Waals surface area contributed by atoms with Gasteiger partial charge < -0.3 is 0 Å². The SMILES string of the molecule is O=C(c1cccc(F)c1)N1CCC(c2cn[nH]c2)=N1. The molecular formula is C13H11FN4O. The molecule has 0 bridgehead atoms. The molecule has 1 N–H and O–H groups in total. The van der Waals surface area contributed by atoms with Crippen LogP contribution in [0.15, 0.2) is 41.8 Å². The molecule has 2 heterocycles. The molecule has 0 unspecified atom stereocenters. The molecule has 0 fully saturated rings. The van der Waals surface area contributed by atoms with Crippen LogP contribution in [0.2, 0.25) is 0 Å². The van der Waals surface area contributed by atoms with Crippen molar-refractivity contribution >= 4 is 11.6 Å². The lowest BCUT2D eigenvalue weighted by molar-refractivity contribution is 0.0778. The highest BCUT2D eigenvalue weighted by molar-refractivity contribution is 6.04. The van der Waals surface area contributed by atoms with Crippen LogP contribution in [-0.4, -0.2) is 33.4 Å². The van der Waals surface area contributed by atoms with Crippen LogP contribution in [0.4, 0.5) is 4.39 Å². The lowest BCUT2D eigenvalue weighted by atomic mass is 10.2. The average molecular weight is 258 g/mol. The third kappa shape index (κ3) is 2.24. The van der Waals surface area contributed by atoms with E-state index in [1.807, 2.05) is 0 Å². The van der Waals surface area contributed by atoms with Gasteiger partial charge in [0, 0.05) is 23.7 Å². The summed E-state index contributed by atoms with van der Waals surface area (Å²) in [5.41, 5.74) is 1.98. The van der Waals surface area contributed by atoms with Crippen LogP contribution in [-0.2, 0) is 0 Å². The van der Waals surface area contributed by atoms with E-state index in [0.29, 0.717) is 18.5 Å². The van der Waals surface area contributed by atoms with E-state index in [1.165, 1.54) is 23.2 Å². The summed E-state index contributed by atoms with van der Waals surface area (Å²) in [5, 5.41) is 12.2. The zero-order valence-corrected chi connectivity index (χ0v) is 10.0. The Morgan fingerprint density at radius 1 is 1.42 bits per heavy atom. The second-order valence-electron chi connectivity index (χ2n) is 4.22. The number of nitrogens with one attached hydrogen (secondary N) is 1. The number of hydrogen-bond donors (Lipinski definition) is 1. The molecular weight excluding hydrogens is 247 g/mol. The molecule has 0 radical (unpaired) electrons. The van der Waals surface area contributed by atoms with Gasteiger partial charge in [-0.15, -0.1) is 0 Å². The molecule has 3 rings (SSSR count). The summed E-state index contributed by atoms with van der Waals surface area (Å²) in [4.78, 5) is 12.1. The molecule has 6 heteroatoms. The summed E-state index contributed by atoms with van der Waals surface area (Å²) in [6.07, 6.45) is 4.06. The Bertz CT molecular complexity index is 636. The van der Waals surface area contributed by atoms with Gasteiger partial charge >= 0.3 is 0 Å². The molecule has 1 aliphatic rings. The van der Waals surface area contributed by atoms with Crippen LogP contribution in [0, 0.1) is 5.82 Å². The smallest absolute Gasteiger partial charge is 0.274 e. The number of aromatic nitrogens is 2. The molecule has 1 aromatic carbocycles. The first-order valence-electron chi connectivity index (χ1n) is 5.88. The molecule has 0 saturated carbocycles. The van der Waals surface area contributed by atoms with Crippen molar-refractivity contribution in [3.05, 3.63) is 53.6 Å². The molecule has 19 heavy (non-hydrogen) atoms. The zero-order chi connectivity index (χ0) is 13.2. The standard InChI is InChI=1S/C13H11FN4O/c14-11-3-1-2-9(6-11)13(19)18-5-4-12(17-18)10-7-15-16-8-10/h1-3,6-8H,4-5H2,(H,15,16). The molecule has 1 amide bonds. The lowest BCUT2D eigenvalue weighted by Crippen LogP contribution is -2.23. The first-order valence-corrected chi connectivity index (χ1v) is 5.88. The van der Waals surface area contributed by atoms with E-state index in [1.54, 1.807) is 18.5 Å². The Kier molecular flexibility index (Phi) is 2.83. The van der Waals surface area contributed by atoms with E-state index in [4.69, 9.17) is 0 Å². The van der Waals surface area contributed by atoms with Crippen molar-refractivity contribution in [2.24, 2.45) is 5.10 Å². The van der Waals surface area contributed by atoms with E-state index in [2.05, 4.69) is 15.3 Å². The highest BCUT2D eigenvalue weighted by Crippen LogP contribution is 2.16. The molecule has 1 aliphatic heterocycles. The fourth-order valence-electron chi connectivity index (χ4n) is 1.99. The Hall–Kier alpha value is -2.50. The van der Waals surface area contributed by atoms with Crippen molar-refractivity contribution in [1.82, 2.24) is 15.2 Å². The number of rotatable bonds is 2. The Balaban J connectivity index is 1.83. The largest absolute Gasteiger partial charge is 0.285 e. The predicted octanol–water partition coefficient (Wildman–Crippen LogP) is 1.80. The van der Waals surface area contributed by atoms with Gasteiger partial charge in [-0.25, -0.2) is 9.40 Å². The van der Waals surface area contributed by atoms with E-state index >= 15 is 0 Å². The quantitative estimate of drug-likeness (QED) is 0.892. The molecule has 0 spiro atoms. The number of hydrogen-bond acceptors (Lipinski definition) is 3. The molecule has 0 saturated heterocycles. The molecule has 5 nitrogen and oxygen atoms in total. The number of carbonyl (C=O) groups is 1. The number of amides is 1. The van der Waals surface area contributed by atoms with Crippen molar-refractivity contribution in [3.63, 3.8) is 0 Å². The van der Waals surface area contributed by atoms with Crippen LogP contribution in [0.3, 0.4) is 0 Å². The summed E-state index contributed by atoms with van der Waals surface area (Å²) in [6.45, 7) is 0.496. The second-order valence-corrected chi connectivity index (χ2v) is 4.22. The van der Waals surface area contributed by atoms with Crippen LogP contribution < -0.4 is 0 Å². The van der Waals surface area contributed by atoms with Crippen molar-refractivity contribution in [2.75, 3.05) is 6.54 Å². The second kappa shape index (κ2) is 4.64. The molecule has 2 aromatic rings. The first kappa shape index (κ1) is 11.6. The third-order valence-electron chi connectivity index (χ3n) is 2.94. The van der Waals surface area contributed by atoms with Crippen molar-refractivity contribution in [3.8, 4) is 0 Å². The van der Waals surface area contributed by atoms with Gasteiger partial charge in [0.1, 0.15) is 5.82 Å². The zero-order valence-electron chi connectivity index (χ0n) is 10.0. The molecule has 0 aliphatic carbocycles. The monoisotopic (exact) mass is 258 g/mol. The summed E-state index contributed by atoms with van der Waals surface area (Å²) in [5.74, 6) is -0.720. The minimum atomic E-state index is -0.427. The topological polar surface area (TPSA) is 61.4 Å². The van der Waals surface area contributed by atoms with Gasteiger partial charge in [0.15, 0.2) is 0 Å². The van der Waals surface area contributed by atoms with Crippen LogP contribution in [0.5, 0.6) is 0 Å². The first-order chi connectivity index (χ1) is 9.24. The maximum atomic E-state index is 13.1. The van der Waals surface area contributed by atoms with Crippen LogP contribution in [0.25, 0.3) is 0 Å². The van der Waals surface area contributed by atoms with Gasteiger partial charge in [0.2, 0.25) is 0 Å². The minimum Gasteiger partial charge on any atom is -0.285 e. The van der Waals surface area contributed by atoms with Crippen LogP contribution >= 0.6 is 0 Å². The summed E-state index contributed by atoms with van der Waals surface area (Å²) >= 11 is 0. The summed E-state index contributed by atoms with van der Waals surface area (Å²) in [6, 6.07) is 5.62. The van der Waals surface area contributed by atoms with Crippen molar-refractivity contribution in [2.45, 2.75) is 6.42 Å². The number of benzene rings is 1. The number of carbonyl (C=O) groups excluding carboxylic acids is 1. The Morgan fingerprint density at radius 3 is 3.05 bits per heavy atom. The summed E-state index contributed by atoms with van der Waals surface area (Å²) < 4.78 is 13.1. The van der Waals surface area contributed by atoms with Gasteiger partial charge in [-0.05, 0) is 18.2 Å². The maximum absolute atomic E-state index is 13.1. The number of H-pyrrole nitrogens is 1. The molecule has 1 aromatic heterocycles. The fraction of sp³-hybridized carbons (Fsp3) is 0.154. The van der Waals surface area contributed by atoms with Crippen molar-refractivity contribution in [1.29, 1.82) is 0 Å². The minimum absolute atomic E-state index is 0.294. The maximum Gasteiger partial charge on any atom is 0.274 e. The number of halogens is 1. The number of nitrogens with zero attached hydrogens (tertiary/aromatic N) is 3. The highest BCUT2D eigenvalue weighted by atomic mass is 19.1. The Morgan fingerprint density at radius 2 is 2.32 bits per heavy atom. The van der Waals surface area contributed by atoms with E-state index in [-0.39, 0.29) is 5.91 Å². The Labute approximate surface area is 108 Å². The van der Waals surface area contributed by atoms with E-state index in [9.17, 15) is 9.18 Å². The van der Waals surface area contributed by atoms with Gasteiger partial charge in [-0.2, -0.15) is 10.2 Å². The molecule has 96 valence electrons. The number of hydrazone groups is 1. The third-order valence-corrected chi connectivity index (χ3v) is 2.94. The predicted molar refractivity (Wildman–Crippen MR) is 67.2 cm³/mol. The fourth-order valence-corrected chi connectivity index (χ4v) is 1.99. The van der Waals surface area contributed by atoms with Gasteiger partial charge in [0.05, 0.1) is 18.5 Å². The highest BCUT2D eigenvalue weighted by Gasteiger charge is 2.23. The summed E-state index contributed by atoms with van der Waals surface area (Å²) in [7, 11) is 0. The number of aromatic amines is 1. The average Bonchev–Trinajstić information content (AvgIpc) is 3.08. The lowest BCUT2D eigenvalue weighted by Gasteiger charge is -2.11. The van der Waals surface area contributed by atoms with E-state index in [0.717, 1.165) is 11.3 Å².